The van der Waals surface area contributed by atoms with Crippen LogP contribution < -0.4 is 10.2 Å². The molecule has 0 atom stereocenters. The van der Waals surface area contributed by atoms with Crippen LogP contribution in [0.3, 0.4) is 0 Å². The first-order chi connectivity index (χ1) is 15.1. The van der Waals surface area contributed by atoms with Gasteiger partial charge in [0.25, 0.3) is 5.91 Å². The topological polar surface area (TPSA) is 67.2 Å². The van der Waals surface area contributed by atoms with E-state index in [0.29, 0.717) is 34.9 Å². The monoisotopic (exact) mass is 430 g/mol. The van der Waals surface area contributed by atoms with Crippen molar-refractivity contribution in [2.75, 3.05) is 16.8 Å². The van der Waals surface area contributed by atoms with Crippen molar-refractivity contribution >= 4 is 45.8 Å². The van der Waals surface area contributed by atoms with Crippen LogP contribution in [0.5, 0.6) is 0 Å². The molecule has 0 radical (unpaired) electrons. The Labute approximate surface area is 184 Å². The Morgan fingerprint density at radius 1 is 1.03 bits per heavy atom. The Morgan fingerprint density at radius 3 is 2.61 bits per heavy atom. The zero-order chi connectivity index (χ0) is 21.4. The summed E-state index contributed by atoms with van der Waals surface area (Å²) in [5.74, 6) is -0.229. The fourth-order valence-corrected chi connectivity index (χ4v) is 4.06. The molecule has 0 bridgehead atoms. The average Bonchev–Trinajstić information content (AvgIpc) is 3.41. The van der Waals surface area contributed by atoms with Crippen LogP contribution in [-0.4, -0.2) is 27.9 Å². The molecule has 7 heteroatoms. The number of aromatic nitrogens is 2. The van der Waals surface area contributed by atoms with E-state index in [2.05, 4.69) is 10.3 Å². The highest BCUT2D eigenvalue weighted by atomic mass is 35.5. The van der Waals surface area contributed by atoms with Crippen molar-refractivity contribution in [1.29, 1.82) is 0 Å². The molecule has 0 aliphatic carbocycles. The van der Waals surface area contributed by atoms with Gasteiger partial charge in [0.2, 0.25) is 5.91 Å². The number of fused-ring (bicyclic) bond motifs is 1. The quantitative estimate of drug-likeness (QED) is 0.492. The summed E-state index contributed by atoms with van der Waals surface area (Å²) in [6.07, 6.45) is 3.09. The molecular formula is C24H19ClN4O2. The molecule has 0 saturated carbocycles. The maximum absolute atomic E-state index is 12.8. The zero-order valence-electron chi connectivity index (χ0n) is 16.6. The predicted octanol–water partition coefficient (Wildman–Crippen LogP) is 5.06. The number of rotatable bonds is 4. The third-order valence-corrected chi connectivity index (χ3v) is 5.75. The molecule has 3 aromatic carbocycles. The van der Waals surface area contributed by atoms with E-state index < -0.39 is 0 Å². The molecule has 2 amide bonds. The van der Waals surface area contributed by atoms with Gasteiger partial charge in [0.05, 0.1) is 21.7 Å². The molecule has 4 aromatic rings. The Balaban J connectivity index is 1.36. The number of nitrogens with one attached hydrogen (secondary N) is 1. The minimum absolute atomic E-state index is 0.0297. The molecule has 154 valence electrons. The van der Waals surface area contributed by atoms with Gasteiger partial charge in [-0.25, -0.2) is 4.98 Å². The van der Waals surface area contributed by atoms with Crippen molar-refractivity contribution in [2.24, 2.45) is 0 Å². The van der Waals surface area contributed by atoms with Crippen LogP contribution in [0, 0.1) is 0 Å². The predicted molar refractivity (Wildman–Crippen MR) is 122 cm³/mol. The number of benzene rings is 3. The molecule has 1 fully saturated rings. The lowest BCUT2D eigenvalue weighted by molar-refractivity contribution is -0.117. The van der Waals surface area contributed by atoms with E-state index >= 15 is 0 Å². The van der Waals surface area contributed by atoms with Gasteiger partial charge in [0.1, 0.15) is 6.33 Å². The zero-order valence-corrected chi connectivity index (χ0v) is 17.3. The fourth-order valence-electron chi connectivity index (χ4n) is 3.84. The van der Waals surface area contributed by atoms with Gasteiger partial charge in [-0.3, -0.25) is 14.2 Å². The molecule has 2 heterocycles. The number of carbonyl (C=O) groups excluding carboxylic acids is 2. The van der Waals surface area contributed by atoms with E-state index in [1.807, 2.05) is 53.1 Å². The van der Waals surface area contributed by atoms with Gasteiger partial charge in [0, 0.05) is 29.9 Å². The van der Waals surface area contributed by atoms with Crippen molar-refractivity contribution in [2.45, 2.75) is 12.8 Å². The largest absolute Gasteiger partial charge is 0.322 e. The summed E-state index contributed by atoms with van der Waals surface area (Å²) in [5, 5.41) is 3.37. The molecule has 1 aromatic heterocycles. The molecule has 1 aliphatic rings. The molecule has 0 spiro atoms. The Kier molecular flexibility index (Phi) is 4.92. The van der Waals surface area contributed by atoms with Crippen molar-refractivity contribution in [3.63, 3.8) is 0 Å². The number of amides is 2. The maximum Gasteiger partial charge on any atom is 0.255 e. The lowest BCUT2D eigenvalue weighted by Crippen LogP contribution is -2.24. The Bertz CT molecular complexity index is 1300. The van der Waals surface area contributed by atoms with Gasteiger partial charge in [-0.2, -0.15) is 0 Å². The van der Waals surface area contributed by atoms with Gasteiger partial charge >= 0.3 is 0 Å². The number of hydrogen-bond donors (Lipinski definition) is 1. The average molecular weight is 431 g/mol. The summed E-state index contributed by atoms with van der Waals surface area (Å²) >= 11 is 6.28. The summed E-state index contributed by atoms with van der Waals surface area (Å²) in [6.45, 7) is 0.619. The number of imidazole rings is 1. The molecule has 1 saturated heterocycles. The smallest absolute Gasteiger partial charge is 0.255 e. The number of nitrogens with zero attached hydrogens (tertiary/aromatic N) is 3. The Morgan fingerprint density at radius 2 is 1.84 bits per heavy atom. The second kappa shape index (κ2) is 7.89. The van der Waals surface area contributed by atoms with Crippen molar-refractivity contribution < 1.29 is 9.59 Å². The van der Waals surface area contributed by atoms with Crippen LogP contribution in [0.25, 0.3) is 16.7 Å². The van der Waals surface area contributed by atoms with Crippen molar-refractivity contribution in [1.82, 2.24) is 9.55 Å². The van der Waals surface area contributed by atoms with Crippen LogP contribution in [0.4, 0.5) is 11.4 Å². The van der Waals surface area contributed by atoms with Crippen LogP contribution in [-0.2, 0) is 4.79 Å². The van der Waals surface area contributed by atoms with Crippen molar-refractivity contribution in [3.8, 4) is 5.69 Å². The number of para-hydroxylation sites is 2. The molecule has 1 aliphatic heterocycles. The summed E-state index contributed by atoms with van der Waals surface area (Å²) in [7, 11) is 0. The molecule has 31 heavy (non-hydrogen) atoms. The van der Waals surface area contributed by atoms with Gasteiger partial charge in [-0.15, -0.1) is 0 Å². The number of anilines is 2. The van der Waals surface area contributed by atoms with E-state index in [1.54, 1.807) is 29.4 Å². The van der Waals surface area contributed by atoms with E-state index in [1.165, 1.54) is 0 Å². The second-order valence-corrected chi connectivity index (χ2v) is 7.83. The van der Waals surface area contributed by atoms with E-state index in [4.69, 9.17) is 11.6 Å². The molecule has 0 unspecified atom stereocenters. The number of hydrogen-bond acceptors (Lipinski definition) is 3. The van der Waals surface area contributed by atoms with E-state index in [9.17, 15) is 9.59 Å². The van der Waals surface area contributed by atoms with Crippen LogP contribution >= 0.6 is 11.6 Å². The summed E-state index contributed by atoms with van der Waals surface area (Å²) in [6, 6.07) is 20.5. The molecule has 1 N–H and O–H groups in total. The van der Waals surface area contributed by atoms with Gasteiger partial charge in [-0.05, 0) is 61.0 Å². The normalized spacial score (nSPS) is 13.7. The van der Waals surface area contributed by atoms with Crippen LogP contribution in [0.1, 0.15) is 23.2 Å². The van der Waals surface area contributed by atoms with E-state index in [0.717, 1.165) is 23.1 Å². The third-order valence-electron chi connectivity index (χ3n) is 5.43. The first kappa shape index (κ1) is 19.3. The highest BCUT2D eigenvalue weighted by Crippen LogP contribution is 2.30. The van der Waals surface area contributed by atoms with Gasteiger partial charge in [-0.1, -0.05) is 23.7 Å². The Hall–Kier alpha value is -3.64. The minimum Gasteiger partial charge on any atom is -0.322 e. The fraction of sp³-hybridized carbons (Fsp3) is 0.125. The number of carbonyl (C=O) groups is 2. The van der Waals surface area contributed by atoms with Gasteiger partial charge < -0.3 is 10.2 Å². The highest BCUT2D eigenvalue weighted by Gasteiger charge is 2.24. The second-order valence-electron chi connectivity index (χ2n) is 7.42. The van der Waals surface area contributed by atoms with Crippen LogP contribution in [0.2, 0.25) is 5.02 Å². The lowest BCUT2D eigenvalue weighted by atomic mass is 10.1. The first-order valence-corrected chi connectivity index (χ1v) is 10.4. The summed E-state index contributed by atoms with van der Waals surface area (Å²) in [5.41, 5.74) is 4.60. The van der Waals surface area contributed by atoms with E-state index in [-0.39, 0.29) is 11.8 Å². The lowest BCUT2D eigenvalue weighted by Gasteiger charge is -2.18. The molecule has 5 rings (SSSR count). The van der Waals surface area contributed by atoms with Gasteiger partial charge in [0.15, 0.2) is 0 Å². The third kappa shape index (κ3) is 3.66. The maximum atomic E-state index is 12.8. The number of halogens is 1. The van der Waals surface area contributed by atoms with Crippen molar-refractivity contribution in [3.05, 3.63) is 83.6 Å². The molecular weight excluding hydrogens is 412 g/mol. The van der Waals surface area contributed by atoms with Crippen LogP contribution in [0.15, 0.2) is 73.1 Å². The minimum atomic E-state index is -0.259. The molecule has 6 nitrogen and oxygen atoms in total. The standard InChI is InChI=1S/C24H19ClN4O2/c25-19-12-7-16(14-22(19)28-13-3-6-23(28)30)24(31)27-17-8-10-18(11-9-17)29-15-26-20-4-1-2-5-21(20)29/h1-2,4-5,7-12,14-15H,3,6,13H2,(H,27,31). The first-order valence-electron chi connectivity index (χ1n) is 10.0. The summed E-state index contributed by atoms with van der Waals surface area (Å²) in [4.78, 5) is 30.9. The SMILES string of the molecule is O=C(Nc1ccc(-n2cnc3ccccc32)cc1)c1ccc(Cl)c(N2CCCC2=O)c1. The highest BCUT2D eigenvalue weighted by molar-refractivity contribution is 6.34. The summed E-state index contributed by atoms with van der Waals surface area (Å²) < 4.78 is 2.00.